The number of hydrogen-bond donors (Lipinski definition) is 0. The van der Waals surface area contributed by atoms with E-state index in [1.54, 1.807) is 0 Å². The van der Waals surface area contributed by atoms with Gasteiger partial charge in [-0.05, 0) is 48.6 Å². The van der Waals surface area contributed by atoms with Gasteiger partial charge in [0.1, 0.15) is 11.6 Å². The molecule has 3 heterocycles. The maximum Gasteiger partial charge on any atom is 0.339 e. The smallest absolute Gasteiger partial charge is 0.339 e. The van der Waals surface area contributed by atoms with Gasteiger partial charge in [0.15, 0.2) is 0 Å². The molecule has 0 fully saturated rings. The SMILES string of the molecule is CCc1nn2c(=O)cc(COC(=O)c3c4c(nc5ccccc35)CCC(C(C)(C)C)C4)nc2s1. The van der Waals surface area contributed by atoms with Crippen molar-refractivity contribution in [2.24, 2.45) is 11.3 Å². The molecule has 8 heteroatoms. The van der Waals surface area contributed by atoms with Crippen LogP contribution in [0.15, 0.2) is 35.1 Å². The highest BCUT2D eigenvalue weighted by Gasteiger charge is 2.33. The van der Waals surface area contributed by atoms with Crippen molar-refractivity contribution in [2.45, 2.75) is 60.0 Å². The van der Waals surface area contributed by atoms with Gasteiger partial charge in [-0.1, -0.05) is 57.2 Å². The summed E-state index contributed by atoms with van der Waals surface area (Å²) in [5.41, 5.74) is 3.67. The molecule has 1 aromatic carbocycles. The summed E-state index contributed by atoms with van der Waals surface area (Å²) in [6.07, 6.45) is 3.43. The van der Waals surface area contributed by atoms with E-state index in [2.05, 4.69) is 30.9 Å². The first kappa shape index (κ1) is 22.7. The van der Waals surface area contributed by atoms with Crippen molar-refractivity contribution in [2.75, 3.05) is 0 Å². The monoisotopic (exact) mass is 476 g/mol. The number of carbonyl (C=O) groups is 1. The molecule has 0 spiro atoms. The van der Waals surface area contributed by atoms with Crippen molar-refractivity contribution < 1.29 is 9.53 Å². The molecular weight excluding hydrogens is 448 g/mol. The summed E-state index contributed by atoms with van der Waals surface area (Å²) in [6.45, 7) is 8.66. The van der Waals surface area contributed by atoms with Crippen molar-refractivity contribution in [1.82, 2.24) is 19.6 Å². The van der Waals surface area contributed by atoms with Crippen molar-refractivity contribution in [3.8, 4) is 0 Å². The van der Waals surface area contributed by atoms with Crippen molar-refractivity contribution in [3.05, 3.63) is 68.2 Å². The van der Waals surface area contributed by atoms with E-state index >= 15 is 0 Å². The van der Waals surface area contributed by atoms with Crippen molar-refractivity contribution >= 4 is 33.2 Å². The van der Waals surface area contributed by atoms with Gasteiger partial charge >= 0.3 is 5.97 Å². The van der Waals surface area contributed by atoms with Crippen LogP contribution in [0.5, 0.6) is 0 Å². The molecule has 7 nitrogen and oxygen atoms in total. The molecule has 4 aromatic rings. The first-order valence-corrected chi connectivity index (χ1v) is 12.5. The number of carbonyl (C=O) groups excluding carboxylic acids is 1. The summed E-state index contributed by atoms with van der Waals surface area (Å²) >= 11 is 1.37. The molecule has 0 aliphatic heterocycles. The number of benzene rings is 1. The number of aryl methyl sites for hydroxylation is 2. The molecule has 1 aliphatic carbocycles. The lowest BCUT2D eigenvalue weighted by Crippen LogP contribution is -2.29. The van der Waals surface area contributed by atoms with Crippen LogP contribution in [0.2, 0.25) is 0 Å². The topological polar surface area (TPSA) is 86.5 Å². The van der Waals surface area contributed by atoms with E-state index in [4.69, 9.17) is 9.72 Å². The third-order valence-electron chi connectivity index (χ3n) is 6.68. The standard InChI is InChI=1S/C26H28N4O3S/c1-5-21-29-30-22(31)13-16(27-25(30)34-21)14-33-24(32)23-17-8-6-7-9-19(17)28-20-11-10-15(12-18(20)23)26(2,3)4/h6-9,13,15H,5,10-12,14H2,1-4H3. The predicted octanol–water partition coefficient (Wildman–Crippen LogP) is 4.77. The van der Waals surface area contributed by atoms with Gasteiger partial charge in [0.2, 0.25) is 4.96 Å². The Morgan fingerprint density at radius 1 is 1.24 bits per heavy atom. The molecule has 0 saturated carbocycles. The summed E-state index contributed by atoms with van der Waals surface area (Å²) in [5, 5.41) is 5.91. The third kappa shape index (κ3) is 4.11. The number of rotatable bonds is 4. The van der Waals surface area contributed by atoms with Crippen LogP contribution in [0, 0.1) is 11.3 Å². The Balaban J connectivity index is 1.50. The Labute approximate surface area is 201 Å². The molecular formula is C26H28N4O3S. The van der Waals surface area contributed by atoms with Gasteiger partial charge < -0.3 is 4.74 Å². The number of aromatic nitrogens is 4. The first-order valence-electron chi connectivity index (χ1n) is 11.7. The Bertz CT molecular complexity index is 1460. The molecule has 1 aliphatic rings. The van der Waals surface area contributed by atoms with Gasteiger partial charge in [0, 0.05) is 17.1 Å². The summed E-state index contributed by atoms with van der Waals surface area (Å²) in [4.78, 5) is 35.8. The lowest BCUT2D eigenvalue weighted by Gasteiger charge is -2.35. The second-order valence-electron chi connectivity index (χ2n) is 9.94. The largest absolute Gasteiger partial charge is 0.456 e. The van der Waals surface area contributed by atoms with Crippen LogP contribution < -0.4 is 5.56 Å². The molecule has 0 saturated heterocycles. The fraction of sp³-hybridized carbons (Fsp3) is 0.423. The average Bonchev–Trinajstić information content (AvgIpc) is 3.24. The first-order chi connectivity index (χ1) is 16.2. The average molecular weight is 477 g/mol. The quantitative estimate of drug-likeness (QED) is 0.395. The summed E-state index contributed by atoms with van der Waals surface area (Å²) in [6, 6.07) is 9.11. The summed E-state index contributed by atoms with van der Waals surface area (Å²) in [7, 11) is 0. The van der Waals surface area contributed by atoms with Crippen LogP contribution in [0.4, 0.5) is 0 Å². The molecule has 3 aromatic heterocycles. The minimum atomic E-state index is -0.398. The maximum absolute atomic E-state index is 13.5. The zero-order valence-electron chi connectivity index (χ0n) is 19.9. The van der Waals surface area contributed by atoms with Crippen LogP contribution in [-0.2, 0) is 30.6 Å². The molecule has 1 unspecified atom stereocenters. The molecule has 34 heavy (non-hydrogen) atoms. The predicted molar refractivity (Wildman–Crippen MR) is 132 cm³/mol. The third-order valence-corrected chi connectivity index (χ3v) is 7.73. The van der Waals surface area contributed by atoms with Gasteiger partial charge in [-0.25, -0.2) is 9.78 Å². The Kier molecular flexibility index (Phi) is 5.72. The fourth-order valence-electron chi connectivity index (χ4n) is 4.69. The van der Waals surface area contributed by atoms with E-state index in [-0.39, 0.29) is 17.6 Å². The van der Waals surface area contributed by atoms with Crippen LogP contribution >= 0.6 is 11.3 Å². The van der Waals surface area contributed by atoms with Crippen LogP contribution in [-0.4, -0.2) is 25.6 Å². The number of esters is 1. The van der Waals surface area contributed by atoms with E-state index in [9.17, 15) is 9.59 Å². The van der Waals surface area contributed by atoms with Gasteiger partial charge in [0.05, 0.1) is 16.8 Å². The summed E-state index contributed by atoms with van der Waals surface area (Å²) < 4.78 is 7.05. The van der Waals surface area contributed by atoms with Crippen LogP contribution in [0.1, 0.15) is 66.4 Å². The molecule has 0 radical (unpaired) electrons. The minimum absolute atomic E-state index is 0.0714. The van der Waals surface area contributed by atoms with Gasteiger partial charge in [0.25, 0.3) is 5.56 Å². The highest BCUT2D eigenvalue weighted by Crippen LogP contribution is 2.39. The Morgan fingerprint density at radius 2 is 2.03 bits per heavy atom. The number of para-hydroxylation sites is 1. The minimum Gasteiger partial charge on any atom is -0.456 e. The lowest BCUT2D eigenvalue weighted by molar-refractivity contribution is 0.0467. The van der Waals surface area contributed by atoms with Crippen LogP contribution in [0.3, 0.4) is 0 Å². The molecule has 1 atom stereocenters. The van der Waals surface area contributed by atoms with E-state index in [1.807, 2.05) is 31.2 Å². The molecule has 0 amide bonds. The van der Waals surface area contributed by atoms with E-state index in [1.165, 1.54) is 21.9 Å². The molecule has 0 bridgehead atoms. The zero-order chi connectivity index (χ0) is 24.0. The van der Waals surface area contributed by atoms with Crippen LogP contribution in [0.25, 0.3) is 15.9 Å². The second-order valence-corrected chi connectivity index (χ2v) is 11.0. The van der Waals surface area contributed by atoms with E-state index < -0.39 is 5.97 Å². The molecule has 176 valence electrons. The highest BCUT2D eigenvalue weighted by atomic mass is 32.1. The molecule has 0 N–H and O–H groups in total. The van der Waals surface area contributed by atoms with Crippen molar-refractivity contribution in [1.29, 1.82) is 0 Å². The Hall–Kier alpha value is -3.13. The number of nitrogens with zero attached hydrogens (tertiary/aromatic N) is 4. The maximum atomic E-state index is 13.5. The molecule has 5 rings (SSSR count). The second kappa shape index (κ2) is 8.58. The normalized spacial score (nSPS) is 16.1. The number of hydrogen-bond acceptors (Lipinski definition) is 7. The fourth-order valence-corrected chi connectivity index (χ4v) is 5.54. The van der Waals surface area contributed by atoms with E-state index in [0.717, 1.165) is 52.9 Å². The van der Waals surface area contributed by atoms with Gasteiger partial charge in [-0.15, -0.1) is 0 Å². The summed E-state index contributed by atoms with van der Waals surface area (Å²) in [5.74, 6) is 0.0580. The number of ether oxygens (including phenoxy) is 1. The van der Waals surface area contributed by atoms with Gasteiger partial charge in [-0.2, -0.15) is 9.61 Å². The van der Waals surface area contributed by atoms with Gasteiger partial charge in [-0.3, -0.25) is 9.78 Å². The number of fused-ring (bicyclic) bond motifs is 3. The lowest BCUT2D eigenvalue weighted by atomic mass is 9.70. The number of pyridine rings is 1. The highest BCUT2D eigenvalue weighted by molar-refractivity contribution is 7.16. The Morgan fingerprint density at radius 3 is 2.79 bits per heavy atom. The van der Waals surface area contributed by atoms with E-state index in [0.29, 0.717) is 22.1 Å². The zero-order valence-corrected chi connectivity index (χ0v) is 20.7. The van der Waals surface area contributed by atoms with Crippen molar-refractivity contribution in [3.63, 3.8) is 0 Å².